The summed E-state index contributed by atoms with van der Waals surface area (Å²) < 4.78 is 31.8. The lowest BCUT2D eigenvalue weighted by Crippen LogP contribution is -2.27. The Bertz CT molecular complexity index is 1170. The van der Waals surface area contributed by atoms with Crippen molar-refractivity contribution in [2.24, 2.45) is 21.8 Å². The Morgan fingerprint density at radius 1 is 0.725 bits per heavy atom. The number of hydrogen-bond donors (Lipinski definition) is 0. The van der Waals surface area contributed by atoms with Crippen molar-refractivity contribution in [2.75, 3.05) is 40.1 Å². The van der Waals surface area contributed by atoms with E-state index in [1.54, 1.807) is 20.8 Å². The number of rotatable bonds is 20. The van der Waals surface area contributed by atoms with Gasteiger partial charge in [0.15, 0.2) is 18.7 Å². The average Bonchev–Trinajstić information content (AvgIpc) is 3.10. The zero-order chi connectivity index (χ0) is 40.0. The number of nitriles is 2. The summed E-state index contributed by atoms with van der Waals surface area (Å²) in [7, 11) is 1.27. The summed E-state index contributed by atoms with van der Waals surface area (Å²) in [5.74, 6) is -2.19. The van der Waals surface area contributed by atoms with E-state index in [1.807, 2.05) is 34.6 Å². The molecule has 0 saturated heterocycles. The summed E-state index contributed by atoms with van der Waals surface area (Å²) in [6.07, 6.45) is 6.86. The molecule has 0 fully saturated rings. The molecule has 0 spiro atoms. The molecule has 0 amide bonds. The van der Waals surface area contributed by atoms with Crippen LogP contribution in [-0.4, -0.2) is 100 Å². The molecule has 0 rings (SSSR count). The van der Waals surface area contributed by atoms with Crippen LogP contribution in [0.25, 0.3) is 0 Å². The third kappa shape index (κ3) is 33.0. The normalized spacial score (nSPS) is 11.5. The highest BCUT2D eigenvalue weighted by Crippen LogP contribution is 2.12. The molecule has 18 heteroatoms. The van der Waals surface area contributed by atoms with Gasteiger partial charge in [-0.3, -0.25) is 4.79 Å². The Morgan fingerprint density at radius 2 is 1.29 bits per heavy atom. The van der Waals surface area contributed by atoms with Crippen molar-refractivity contribution in [3.05, 3.63) is 0 Å². The monoisotopic (exact) mass is 728 g/mol. The van der Waals surface area contributed by atoms with Crippen LogP contribution < -0.4 is 0 Å². The molecule has 0 aromatic carbocycles. The molecule has 0 aliphatic heterocycles. The average molecular weight is 729 g/mol. The van der Waals surface area contributed by atoms with Crippen molar-refractivity contribution in [1.82, 2.24) is 0 Å². The van der Waals surface area contributed by atoms with Gasteiger partial charge in [0.05, 0.1) is 33.5 Å². The van der Waals surface area contributed by atoms with Crippen LogP contribution in [0.5, 0.6) is 0 Å². The number of carbonyl (C=O) groups excluding carboxylic acids is 7. The minimum absolute atomic E-state index is 0.0144. The molecule has 0 aliphatic rings. The molecular weight excluding hydrogens is 676 g/mol. The number of isocyanates is 2. The fraction of sp³-hybridized carbons (Fsp3) is 0.727. The van der Waals surface area contributed by atoms with Crippen LogP contribution in [0.15, 0.2) is 9.98 Å². The van der Waals surface area contributed by atoms with E-state index in [0.29, 0.717) is 32.0 Å². The number of aliphatic imine (C=N–C) groups is 2. The molecule has 0 N–H and O–H groups in total. The summed E-state index contributed by atoms with van der Waals surface area (Å²) in [4.78, 5) is 81.9. The van der Waals surface area contributed by atoms with Crippen molar-refractivity contribution in [3.63, 3.8) is 0 Å². The molecule has 0 bridgehead atoms. The maximum atomic E-state index is 11.4. The van der Waals surface area contributed by atoms with Gasteiger partial charge < -0.3 is 33.2 Å². The third-order valence-electron chi connectivity index (χ3n) is 5.66. The number of hydrogen-bond acceptors (Lipinski definition) is 18. The van der Waals surface area contributed by atoms with Gasteiger partial charge in [0.25, 0.3) is 12.5 Å². The van der Waals surface area contributed by atoms with E-state index in [1.165, 1.54) is 31.8 Å². The molecule has 4 atom stereocenters. The summed E-state index contributed by atoms with van der Waals surface area (Å²) in [5, 5.41) is 16.0. The maximum absolute atomic E-state index is 11.4. The molecule has 0 aliphatic carbocycles. The molecule has 0 aromatic rings. The van der Waals surface area contributed by atoms with E-state index in [0.717, 1.165) is 6.42 Å². The zero-order valence-electron chi connectivity index (χ0n) is 31.0. The first-order chi connectivity index (χ1) is 24.2. The highest BCUT2D eigenvalue weighted by molar-refractivity contribution is 5.78. The van der Waals surface area contributed by atoms with Crippen molar-refractivity contribution in [1.29, 1.82) is 10.5 Å². The standard InChI is InChI=1S/C11H17NO5.C9H15NO3.C8H13NO3.C5H7NO3/c1-3-7-17-11(15)9(12-8-13)5-6-10(14)16-4-2;1-4-7(3)8(10-6-11)9(12)13-5-2;1-6(2)4-7(12-5-9)8(10)11-3;1-2-9-5(7)3-8-4-6/h9H,3-7H2,1-2H3;7-8H,4-5H2,1-3H3;6-7H,4H2,1-3H3;2-3H2,1H3. The Kier molecular flexibility index (Phi) is 38.6. The minimum Gasteiger partial charge on any atom is -0.466 e. The number of nitrogens with zero attached hydrogens (tertiary/aromatic N) is 4. The Hall–Kier alpha value is -5.31. The predicted molar refractivity (Wildman–Crippen MR) is 177 cm³/mol. The Morgan fingerprint density at radius 3 is 1.73 bits per heavy atom. The van der Waals surface area contributed by atoms with E-state index in [-0.39, 0.29) is 38.6 Å². The highest BCUT2D eigenvalue weighted by atomic mass is 16.6. The Balaban J connectivity index is -0.000000296. The van der Waals surface area contributed by atoms with Gasteiger partial charge in [-0.25, -0.2) is 28.8 Å². The number of ether oxygens (including phenoxy) is 7. The molecular formula is C33H52N4O14. The van der Waals surface area contributed by atoms with Crippen LogP contribution in [0.3, 0.4) is 0 Å². The van der Waals surface area contributed by atoms with Crippen LogP contribution in [0.1, 0.15) is 87.5 Å². The van der Waals surface area contributed by atoms with Gasteiger partial charge in [-0.15, -0.1) is 0 Å². The zero-order valence-corrected chi connectivity index (χ0v) is 31.0. The lowest BCUT2D eigenvalue weighted by Gasteiger charge is -2.14. The van der Waals surface area contributed by atoms with Gasteiger partial charge >= 0.3 is 29.8 Å². The lowest BCUT2D eigenvalue weighted by molar-refractivity contribution is -0.151. The lowest BCUT2D eigenvalue weighted by atomic mass is 10.0. The molecule has 18 nitrogen and oxygen atoms in total. The largest absolute Gasteiger partial charge is 0.466 e. The van der Waals surface area contributed by atoms with Gasteiger partial charge in [0.2, 0.25) is 18.3 Å². The van der Waals surface area contributed by atoms with Crippen molar-refractivity contribution >= 4 is 42.0 Å². The topological polar surface area (TPSA) is 256 Å². The maximum Gasteiger partial charge on any atom is 0.348 e. The molecule has 288 valence electrons. The van der Waals surface area contributed by atoms with Gasteiger partial charge in [-0.1, -0.05) is 41.0 Å². The second kappa shape index (κ2) is 37.5. The summed E-state index contributed by atoms with van der Waals surface area (Å²) in [6, 6.07) is -1.66. The second-order valence-corrected chi connectivity index (χ2v) is 10.1. The summed E-state index contributed by atoms with van der Waals surface area (Å²) in [6.45, 7) is 15.5. The number of esters is 5. The summed E-state index contributed by atoms with van der Waals surface area (Å²) in [5.41, 5.74) is 0. The van der Waals surface area contributed by atoms with Crippen LogP contribution in [0, 0.1) is 34.9 Å². The number of carbonyl (C=O) groups is 5. The molecule has 0 heterocycles. The van der Waals surface area contributed by atoms with Crippen LogP contribution >= 0.6 is 0 Å². The fourth-order valence-corrected chi connectivity index (χ4v) is 3.11. The van der Waals surface area contributed by atoms with E-state index in [2.05, 4.69) is 28.9 Å². The second-order valence-electron chi connectivity index (χ2n) is 10.1. The van der Waals surface area contributed by atoms with Gasteiger partial charge in [0, 0.05) is 6.42 Å². The quantitative estimate of drug-likeness (QED) is 0.0572. The SMILES string of the molecule is CCCOC(=O)C(CCC(=O)OCC)N=C=O.CCOC(=O)C(N=C=O)C(C)CC.CCOC(=O)COC#N.COC(=O)C(CC(C)C)OC#N. The molecule has 51 heavy (non-hydrogen) atoms. The van der Waals surface area contributed by atoms with Crippen molar-refractivity contribution in [2.45, 2.75) is 106 Å². The predicted octanol–water partition coefficient (Wildman–Crippen LogP) is 3.41. The fourth-order valence-electron chi connectivity index (χ4n) is 3.11. The van der Waals surface area contributed by atoms with Gasteiger partial charge in [-0.2, -0.15) is 20.5 Å². The van der Waals surface area contributed by atoms with Crippen LogP contribution in [-0.2, 0) is 66.7 Å². The molecule has 4 unspecified atom stereocenters. The van der Waals surface area contributed by atoms with Crippen molar-refractivity contribution in [3.8, 4) is 12.5 Å². The minimum atomic E-state index is -0.969. The van der Waals surface area contributed by atoms with Gasteiger partial charge in [-0.05, 0) is 51.9 Å². The first kappa shape index (κ1) is 52.5. The van der Waals surface area contributed by atoms with E-state index in [9.17, 15) is 33.6 Å². The molecule has 0 radical (unpaired) electrons. The van der Waals surface area contributed by atoms with E-state index in [4.69, 9.17) is 24.7 Å². The smallest absolute Gasteiger partial charge is 0.348 e. The van der Waals surface area contributed by atoms with E-state index < -0.39 is 48.0 Å². The van der Waals surface area contributed by atoms with Crippen LogP contribution in [0.2, 0.25) is 0 Å². The number of methoxy groups -OCH3 is 1. The summed E-state index contributed by atoms with van der Waals surface area (Å²) >= 11 is 0. The third-order valence-corrected chi connectivity index (χ3v) is 5.66. The van der Waals surface area contributed by atoms with Crippen molar-refractivity contribution < 1.29 is 66.7 Å². The first-order valence-electron chi connectivity index (χ1n) is 16.2. The van der Waals surface area contributed by atoms with Gasteiger partial charge in [0.1, 0.15) is 0 Å². The Labute approximate surface area is 299 Å². The van der Waals surface area contributed by atoms with E-state index >= 15 is 0 Å². The van der Waals surface area contributed by atoms with Crippen LogP contribution in [0.4, 0.5) is 0 Å². The first-order valence-corrected chi connectivity index (χ1v) is 16.2. The molecule has 0 aromatic heterocycles. The highest BCUT2D eigenvalue weighted by Gasteiger charge is 2.25. The molecule has 0 saturated carbocycles.